The number of ether oxygens (including phenoxy) is 1. The first-order chi connectivity index (χ1) is 10.2. The fraction of sp³-hybridized carbons (Fsp3) is 0.231. The molecule has 0 saturated carbocycles. The molecule has 1 rings (SSSR count). The summed E-state index contributed by atoms with van der Waals surface area (Å²) in [7, 11) is 0. The summed E-state index contributed by atoms with van der Waals surface area (Å²) in [6.45, 7) is 1.08. The Morgan fingerprint density at radius 1 is 1.23 bits per heavy atom. The van der Waals surface area contributed by atoms with Crippen molar-refractivity contribution in [1.29, 1.82) is 0 Å². The van der Waals surface area contributed by atoms with E-state index in [-0.39, 0.29) is 13.0 Å². The van der Waals surface area contributed by atoms with Crippen LogP contribution in [0.15, 0.2) is 23.9 Å². The van der Waals surface area contributed by atoms with E-state index < -0.39 is 40.6 Å². The minimum atomic E-state index is -5.17. The SMILES string of the molecule is CCOC(=O)/C(NC=O)=C(\c1cc(F)cc(F)c1)C(F)(F)F. The molecule has 1 N–H and O–H groups in total. The molecule has 0 radical (unpaired) electrons. The summed E-state index contributed by atoms with van der Waals surface area (Å²) in [5, 5.41) is 1.57. The first kappa shape index (κ1) is 17.6. The predicted octanol–water partition coefficient (Wildman–Crippen LogP) is 2.55. The number of amides is 1. The molecule has 9 heteroatoms. The van der Waals surface area contributed by atoms with E-state index in [1.54, 1.807) is 5.32 Å². The molecule has 0 aliphatic rings. The van der Waals surface area contributed by atoms with Gasteiger partial charge in [-0.1, -0.05) is 0 Å². The molecule has 0 unspecified atom stereocenters. The molecule has 0 aromatic heterocycles. The van der Waals surface area contributed by atoms with E-state index >= 15 is 0 Å². The standard InChI is InChI=1S/C13H10F5NO3/c1-2-22-12(21)11(19-6-20)10(13(16,17)18)7-3-8(14)5-9(15)4-7/h3-6H,2H2,1H3,(H,19,20)/b11-10-. The number of alkyl halides is 3. The van der Waals surface area contributed by atoms with Crippen LogP contribution in [0.1, 0.15) is 12.5 Å². The minimum absolute atomic E-state index is 0.173. The number of allylic oxidation sites excluding steroid dienone is 1. The third-order valence-corrected chi connectivity index (χ3v) is 2.37. The van der Waals surface area contributed by atoms with Gasteiger partial charge in [0.25, 0.3) is 0 Å². The van der Waals surface area contributed by atoms with Crippen LogP contribution in [-0.2, 0) is 14.3 Å². The van der Waals surface area contributed by atoms with E-state index in [1.165, 1.54) is 6.92 Å². The zero-order valence-electron chi connectivity index (χ0n) is 11.1. The largest absolute Gasteiger partial charge is 0.461 e. The molecule has 0 spiro atoms. The van der Waals surface area contributed by atoms with Gasteiger partial charge in [0.05, 0.1) is 12.2 Å². The van der Waals surface area contributed by atoms with Gasteiger partial charge >= 0.3 is 12.1 Å². The number of hydrogen-bond donors (Lipinski definition) is 1. The summed E-state index contributed by atoms with van der Waals surface area (Å²) in [5.41, 5.74) is -3.92. The van der Waals surface area contributed by atoms with Crippen LogP contribution in [0.25, 0.3) is 5.57 Å². The third-order valence-electron chi connectivity index (χ3n) is 2.37. The van der Waals surface area contributed by atoms with Gasteiger partial charge in [0.2, 0.25) is 6.41 Å². The van der Waals surface area contributed by atoms with Gasteiger partial charge in [-0.2, -0.15) is 13.2 Å². The Morgan fingerprint density at radius 2 is 1.77 bits per heavy atom. The van der Waals surface area contributed by atoms with E-state index in [0.717, 1.165) is 0 Å². The number of rotatable bonds is 5. The van der Waals surface area contributed by atoms with Gasteiger partial charge in [-0.15, -0.1) is 0 Å². The number of carbonyl (C=O) groups is 2. The van der Waals surface area contributed by atoms with Crippen molar-refractivity contribution >= 4 is 18.0 Å². The molecule has 0 aliphatic carbocycles. The van der Waals surface area contributed by atoms with Gasteiger partial charge < -0.3 is 10.1 Å². The van der Waals surface area contributed by atoms with Gasteiger partial charge in [0, 0.05) is 6.07 Å². The van der Waals surface area contributed by atoms with Gasteiger partial charge in [0.15, 0.2) is 0 Å². The van der Waals surface area contributed by atoms with E-state index in [2.05, 4.69) is 4.74 Å². The monoisotopic (exact) mass is 323 g/mol. The van der Waals surface area contributed by atoms with Gasteiger partial charge in [-0.05, 0) is 24.6 Å². The maximum Gasteiger partial charge on any atom is 0.419 e. The third kappa shape index (κ3) is 4.27. The summed E-state index contributed by atoms with van der Waals surface area (Å²) in [4.78, 5) is 22.0. The summed E-state index contributed by atoms with van der Waals surface area (Å²) >= 11 is 0. The Bertz CT molecular complexity index is 590. The molecule has 22 heavy (non-hydrogen) atoms. The van der Waals surface area contributed by atoms with Crippen molar-refractivity contribution in [1.82, 2.24) is 5.32 Å². The van der Waals surface area contributed by atoms with Crippen molar-refractivity contribution in [3.63, 3.8) is 0 Å². The fourth-order valence-corrected chi connectivity index (χ4v) is 1.64. The van der Waals surface area contributed by atoms with E-state index in [9.17, 15) is 31.5 Å². The average Bonchev–Trinajstić information content (AvgIpc) is 2.35. The molecule has 4 nitrogen and oxygen atoms in total. The molecule has 0 heterocycles. The first-order valence-electron chi connectivity index (χ1n) is 5.86. The molecule has 1 aromatic carbocycles. The average molecular weight is 323 g/mol. The molecule has 120 valence electrons. The maximum absolute atomic E-state index is 13.2. The molecular weight excluding hydrogens is 313 g/mol. The first-order valence-corrected chi connectivity index (χ1v) is 5.86. The zero-order chi connectivity index (χ0) is 16.9. The highest BCUT2D eigenvalue weighted by atomic mass is 19.4. The molecule has 0 saturated heterocycles. The Kier molecular flexibility index (Phi) is 5.61. The Hall–Kier alpha value is -2.45. The summed E-state index contributed by atoms with van der Waals surface area (Å²) in [6.07, 6.45) is -5.34. The van der Waals surface area contributed by atoms with Gasteiger partial charge in [-0.25, -0.2) is 13.6 Å². The van der Waals surface area contributed by atoms with Crippen molar-refractivity contribution < 1.29 is 36.3 Å². The lowest BCUT2D eigenvalue weighted by Crippen LogP contribution is -2.27. The van der Waals surface area contributed by atoms with E-state index in [1.807, 2.05) is 0 Å². The number of carbonyl (C=O) groups excluding carboxylic acids is 2. The highest BCUT2D eigenvalue weighted by Crippen LogP contribution is 2.36. The molecule has 1 aromatic rings. The Balaban J connectivity index is 3.63. The molecule has 0 atom stereocenters. The van der Waals surface area contributed by atoms with Crippen LogP contribution >= 0.6 is 0 Å². The smallest absolute Gasteiger partial charge is 0.419 e. The summed E-state index contributed by atoms with van der Waals surface area (Å²) in [5.74, 6) is -4.02. The molecule has 1 amide bonds. The van der Waals surface area contributed by atoms with Crippen molar-refractivity contribution in [2.75, 3.05) is 6.61 Å². The van der Waals surface area contributed by atoms with E-state index in [0.29, 0.717) is 18.2 Å². The maximum atomic E-state index is 13.2. The molecular formula is C13H10F5NO3. The van der Waals surface area contributed by atoms with Gasteiger partial charge in [-0.3, -0.25) is 4.79 Å². The fourth-order valence-electron chi connectivity index (χ4n) is 1.64. The minimum Gasteiger partial charge on any atom is -0.461 e. The number of hydrogen-bond acceptors (Lipinski definition) is 3. The highest BCUT2D eigenvalue weighted by Gasteiger charge is 2.40. The van der Waals surface area contributed by atoms with E-state index in [4.69, 9.17) is 0 Å². The molecule has 0 bridgehead atoms. The van der Waals surface area contributed by atoms with Crippen molar-refractivity contribution in [3.05, 3.63) is 41.1 Å². The Morgan fingerprint density at radius 3 is 2.18 bits per heavy atom. The lowest BCUT2D eigenvalue weighted by Gasteiger charge is -2.17. The van der Waals surface area contributed by atoms with Crippen LogP contribution in [0.5, 0.6) is 0 Å². The van der Waals surface area contributed by atoms with Crippen LogP contribution in [0.3, 0.4) is 0 Å². The van der Waals surface area contributed by atoms with Crippen LogP contribution < -0.4 is 5.32 Å². The second-order valence-electron chi connectivity index (χ2n) is 3.89. The number of benzene rings is 1. The quantitative estimate of drug-likeness (QED) is 0.392. The topological polar surface area (TPSA) is 55.4 Å². The van der Waals surface area contributed by atoms with Crippen LogP contribution in [0.2, 0.25) is 0 Å². The van der Waals surface area contributed by atoms with Crippen molar-refractivity contribution in [2.24, 2.45) is 0 Å². The molecule has 0 aliphatic heterocycles. The number of halogens is 5. The van der Waals surface area contributed by atoms with Crippen molar-refractivity contribution in [2.45, 2.75) is 13.1 Å². The second kappa shape index (κ2) is 7.01. The van der Waals surface area contributed by atoms with Crippen LogP contribution in [0, 0.1) is 11.6 Å². The van der Waals surface area contributed by atoms with Gasteiger partial charge in [0.1, 0.15) is 17.3 Å². The molecule has 0 fully saturated rings. The number of esters is 1. The predicted molar refractivity (Wildman–Crippen MR) is 65.2 cm³/mol. The summed E-state index contributed by atoms with van der Waals surface area (Å²) < 4.78 is 70.2. The van der Waals surface area contributed by atoms with Crippen molar-refractivity contribution in [3.8, 4) is 0 Å². The number of nitrogens with one attached hydrogen (secondary N) is 1. The summed E-state index contributed by atoms with van der Waals surface area (Å²) in [6, 6.07) is 1.14. The second-order valence-corrected chi connectivity index (χ2v) is 3.89. The van der Waals surface area contributed by atoms with Crippen LogP contribution in [-0.4, -0.2) is 25.2 Å². The zero-order valence-corrected chi connectivity index (χ0v) is 11.1. The lowest BCUT2D eigenvalue weighted by molar-refractivity contribution is -0.140. The normalized spacial score (nSPS) is 12.5. The lowest BCUT2D eigenvalue weighted by atomic mass is 10.0. The van der Waals surface area contributed by atoms with Crippen LogP contribution in [0.4, 0.5) is 22.0 Å². The highest BCUT2D eigenvalue weighted by molar-refractivity contribution is 6.00. The Labute approximate surface area is 121 Å².